The van der Waals surface area contributed by atoms with Crippen LogP contribution >= 0.6 is 0 Å². The van der Waals surface area contributed by atoms with Crippen molar-refractivity contribution in [2.24, 2.45) is 11.8 Å². The van der Waals surface area contributed by atoms with Crippen molar-refractivity contribution in [3.8, 4) is 11.8 Å². The maximum Gasteiger partial charge on any atom is 0.252 e. The molecular weight excluding hydrogens is 621 g/mol. The second-order valence-corrected chi connectivity index (χ2v) is 12.4. The molecule has 0 aliphatic heterocycles. The number of anilines is 1. The molecule has 1 aliphatic carbocycles. The fourth-order valence-corrected chi connectivity index (χ4v) is 6.01. The first-order valence-corrected chi connectivity index (χ1v) is 16.6. The van der Waals surface area contributed by atoms with E-state index in [0.717, 1.165) is 37.7 Å². The van der Waals surface area contributed by atoms with Gasteiger partial charge in [-0.2, -0.15) is 0 Å². The fraction of sp³-hybridized carbons (Fsp3) is 0.282. The van der Waals surface area contributed by atoms with Crippen LogP contribution in [-0.2, 0) is 19.6 Å². The number of nitrogens with one attached hydrogen (secondary N) is 2. The lowest BCUT2D eigenvalue weighted by Gasteiger charge is -2.28. The van der Waals surface area contributed by atoms with E-state index in [2.05, 4.69) is 49.9 Å². The molecule has 3 N–H and O–H groups in total. The van der Waals surface area contributed by atoms with E-state index < -0.39 is 6.23 Å². The average molecular weight is 662 g/mol. The second-order valence-electron chi connectivity index (χ2n) is 12.4. The van der Waals surface area contributed by atoms with Gasteiger partial charge in [0.15, 0.2) is 6.23 Å². The molecule has 2 aromatic carbocycles. The van der Waals surface area contributed by atoms with E-state index in [-0.39, 0.29) is 18.3 Å². The number of amides is 1. The Hall–Kier alpha value is -5.35. The van der Waals surface area contributed by atoms with E-state index in [0.29, 0.717) is 59.3 Å². The predicted octanol–water partition coefficient (Wildman–Crippen LogP) is 7.05. The number of pyridine rings is 3. The molecule has 6 rings (SSSR count). The van der Waals surface area contributed by atoms with Crippen molar-refractivity contribution in [1.29, 1.82) is 0 Å². The molecule has 0 spiro atoms. The van der Waals surface area contributed by atoms with Crippen LogP contribution in [0.2, 0.25) is 0 Å². The summed E-state index contributed by atoms with van der Waals surface area (Å²) in [6.07, 6.45) is 9.25. The SMILES string of the molecule is O=C(NCC1CCC(Cc2cccc(COc3ccc(C(O)Nc4ccccn4)cn3)c2)CC1)c1ccc(OCc2cccc(F)c2)nc1. The lowest BCUT2D eigenvalue weighted by molar-refractivity contribution is 0.0941. The monoisotopic (exact) mass is 661 g/mol. The Kier molecular flexibility index (Phi) is 11.4. The summed E-state index contributed by atoms with van der Waals surface area (Å²) >= 11 is 0. The number of hydrogen-bond acceptors (Lipinski definition) is 8. The summed E-state index contributed by atoms with van der Waals surface area (Å²) in [5.74, 6) is 2.05. The fourth-order valence-electron chi connectivity index (χ4n) is 6.01. The van der Waals surface area contributed by atoms with Gasteiger partial charge in [0.1, 0.15) is 24.8 Å². The minimum atomic E-state index is -0.925. The van der Waals surface area contributed by atoms with E-state index in [9.17, 15) is 14.3 Å². The van der Waals surface area contributed by atoms with Gasteiger partial charge in [-0.1, -0.05) is 42.5 Å². The number of rotatable bonds is 14. The molecule has 1 atom stereocenters. The number of halogens is 1. The highest BCUT2D eigenvalue weighted by atomic mass is 19.1. The minimum Gasteiger partial charge on any atom is -0.473 e. The van der Waals surface area contributed by atoms with Crippen LogP contribution in [0.1, 0.15) is 64.5 Å². The number of nitrogens with zero attached hydrogens (tertiary/aromatic N) is 3. The molecule has 0 saturated heterocycles. The zero-order valence-electron chi connectivity index (χ0n) is 27.2. The van der Waals surface area contributed by atoms with E-state index >= 15 is 0 Å². The van der Waals surface area contributed by atoms with Gasteiger partial charge in [0.2, 0.25) is 11.8 Å². The van der Waals surface area contributed by atoms with Gasteiger partial charge in [-0.25, -0.2) is 19.3 Å². The van der Waals surface area contributed by atoms with Gasteiger partial charge in [0, 0.05) is 42.8 Å². The summed E-state index contributed by atoms with van der Waals surface area (Å²) in [5, 5.41) is 16.4. The highest BCUT2D eigenvalue weighted by Crippen LogP contribution is 2.31. The Balaban J connectivity index is 0.892. The third-order valence-corrected chi connectivity index (χ3v) is 8.72. The maximum atomic E-state index is 13.4. The first kappa shape index (κ1) is 33.5. The van der Waals surface area contributed by atoms with E-state index in [1.54, 1.807) is 54.9 Å². The molecule has 0 bridgehead atoms. The van der Waals surface area contributed by atoms with Gasteiger partial charge in [-0.3, -0.25) is 4.79 Å². The summed E-state index contributed by atoms with van der Waals surface area (Å²) in [6.45, 7) is 1.25. The van der Waals surface area contributed by atoms with Crippen molar-refractivity contribution in [2.45, 2.75) is 51.5 Å². The van der Waals surface area contributed by atoms with Crippen LogP contribution in [0.4, 0.5) is 10.2 Å². The number of hydrogen-bond donors (Lipinski definition) is 3. The zero-order valence-corrected chi connectivity index (χ0v) is 27.2. The first-order chi connectivity index (χ1) is 24.0. The molecule has 49 heavy (non-hydrogen) atoms. The maximum absolute atomic E-state index is 13.4. The van der Waals surface area contributed by atoms with Crippen LogP contribution in [0.15, 0.2) is 110 Å². The molecule has 9 nitrogen and oxygen atoms in total. The normalized spacial score (nSPS) is 16.4. The van der Waals surface area contributed by atoms with Crippen molar-refractivity contribution in [2.75, 3.05) is 11.9 Å². The zero-order chi connectivity index (χ0) is 33.8. The van der Waals surface area contributed by atoms with Crippen molar-refractivity contribution in [1.82, 2.24) is 20.3 Å². The van der Waals surface area contributed by atoms with Crippen LogP contribution in [-0.4, -0.2) is 32.5 Å². The molecule has 1 fully saturated rings. The Labute approximate surface area is 285 Å². The molecule has 252 valence electrons. The average Bonchev–Trinajstić information content (AvgIpc) is 3.14. The number of aromatic nitrogens is 3. The lowest BCUT2D eigenvalue weighted by Crippen LogP contribution is -2.31. The van der Waals surface area contributed by atoms with E-state index in [4.69, 9.17) is 9.47 Å². The Morgan fingerprint density at radius 1 is 0.776 bits per heavy atom. The Morgan fingerprint density at radius 2 is 1.47 bits per heavy atom. The van der Waals surface area contributed by atoms with Crippen molar-refractivity contribution in [3.63, 3.8) is 0 Å². The highest BCUT2D eigenvalue weighted by molar-refractivity contribution is 5.93. The Bertz CT molecular complexity index is 1780. The smallest absolute Gasteiger partial charge is 0.252 e. The first-order valence-electron chi connectivity index (χ1n) is 16.6. The summed E-state index contributed by atoms with van der Waals surface area (Å²) < 4.78 is 24.9. The molecular formula is C39H40FN5O4. The molecule has 3 heterocycles. The van der Waals surface area contributed by atoms with Crippen LogP contribution in [0.5, 0.6) is 11.8 Å². The van der Waals surface area contributed by atoms with Crippen LogP contribution < -0.4 is 20.1 Å². The van der Waals surface area contributed by atoms with Gasteiger partial charge >= 0.3 is 0 Å². The highest BCUT2D eigenvalue weighted by Gasteiger charge is 2.22. The number of carbonyl (C=O) groups is 1. The number of aliphatic hydroxyl groups is 1. The quantitative estimate of drug-likeness (QED) is 0.108. The third kappa shape index (κ3) is 10.1. The van der Waals surface area contributed by atoms with Crippen LogP contribution in [0.25, 0.3) is 0 Å². The van der Waals surface area contributed by atoms with Gasteiger partial charge in [-0.05, 0) is 97.0 Å². The standard InChI is InChI=1S/C39H40FN5O4/c40-34-8-4-7-31(21-34)26-49-36-16-14-32(23-42-36)38(46)44-22-28-12-10-27(11-13-28)19-29-5-3-6-30(20-29)25-48-37-17-15-33(24-43-37)39(47)45-35-9-1-2-18-41-35/h1-9,14-18,20-21,23-24,27-28,39,47H,10-13,19,22,25-26H2,(H,41,45)(H,44,46). The van der Waals surface area contributed by atoms with Gasteiger partial charge < -0.3 is 25.2 Å². The molecule has 0 radical (unpaired) electrons. The number of aliphatic hydroxyl groups excluding tert-OH is 1. The van der Waals surface area contributed by atoms with Crippen LogP contribution in [0, 0.1) is 17.7 Å². The summed E-state index contributed by atoms with van der Waals surface area (Å²) in [6, 6.07) is 27.1. The van der Waals surface area contributed by atoms with E-state index in [1.807, 2.05) is 12.1 Å². The van der Waals surface area contributed by atoms with Crippen molar-refractivity contribution in [3.05, 3.63) is 143 Å². The van der Waals surface area contributed by atoms with Crippen molar-refractivity contribution >= 4 is 11.7 Å². The number of carbonyl (C=O) groups excluding carboxylic acids is 1. The second kappa shape index (κ2) is 16.7. The largest absolute Gasteiger partial charge is 0.473 e. The van der Waals surface area contributed by atoms with Crippen molar-refractivity contribution < 1.29 is 23.8 Å². The summed E-state index contributed by atoms with van der Waals surface area (Å²) in [7, 11) is 0. The molecule has 3 aromatic heterocycles. The van der Waals surface area contributed by atoms with Gasteiger partial charge in [-0.15, -0.1) is 0 Å². The molecule has 1 unspecified atom stereocenters. The number of ether oxygens (including phenoxy) is 2. The predicted molar refractivity (Wildman–Crippen MR) is 184 cm³/mol. The molecule has 5 aromatic rings. The topological polar surface area (TPSA) is 118 Å². The summed E-state index contributed by atoms with van der Waals surface area (Å²) in [5.41, 5.74) is 4.18. The summed E-state index contributed by atoms with van der Waals surface area (Å²) in [4.78, 5) is 25.5. The minimum absolute atomic E-state index is 0.147. The van der Waals surface area contributed by atoms with Gasteiger partial charge in [0.25, 0.3) is 5.91 Å². The van der Waals surface area contributed by atoms with Gasteiger partial charge in [0.05, 0.1) is 5.56 Å². The molecule has 1 amide bonds. The Morgan fingerprint density at radius 3 is 2.14 bits per heavy atom. The third-order valence-electron chi connectivity index (χ3n) is 8.72. The molecule has 1 aliphatic rings. The number of benzene rings is 2. The lowest BCUT2D eigenvalue weighted by atomic mass is 9.79. The van der Waals surface area contributed by atoms with Crippen LogP contribution in [0.3, 0.4) is 0 Å². The van der Waals surface area contributed by atoms with E-state index in [1.165, 1.54) is 23.9 Å². The molecule has 10 heteroatoms. The molecule has 1 saturated carbocycles.